The van der Waals surface area contributed by atoms with E-state index in [0.717, 1.165) is 0 Å². The highest BCUT2D eigenvalue weighted by molar-refractivity contribution is 5.55. The molecule has 0 atom stereocenters. The van der Waals surface area contributed by atoms with Crippen LogP contribution in [0.1, 0.15) is 5.56 Å². The smallest absolute Gasteiger partial charge is 0.223 e. The van der Waals surface area contributed by atoms with Gasteiger partial charge in [-0.15, -0.1) is 0 Å². The van der Waals surface area contributed by atoms with Crippen LogP contribution in [0.5, 0.6) is 0 Å². The molecule has 11 heavy (non-hydrogen) atoms. The van der Waals surface area contributed by atoms with Crippen molar-refractivity contribution in [2.24, 2.45) is 0 Å². The largest absolute Gasteiger partial charge is 0.391 e. The monoisotopic (exact) mass is 155 g/mol. The average molecular weight is 155 g/mol. The first kappa shape index (κ1) is 7.55. The molecule has 0 amide bonds. The number of aliphatic hydroxyl groups excluding tert-OH is 1. The van der Waals surface area contributed by atoms with Gasteiger partial charge in [-0.25, -0.2) is 0 Å². The number of nitrogens with two attached hydrogens (primary N) is 3. The molecule has 1 rings (SSSR count). The molecule has 0 aliphatic heterocycles. The first-order valence-electron chi connectivity index (χ1n) is 2.93. The van der Waals surface area contributed by atoms with Crippen molar-refractivity contribution in [3.05, 3.63) is 5.56 Å². The van der Waals surface area contributed by atoms with Gasteiger partial charge >= 0.3 is 0 Å². The van der Waals surface area contributed by atoms with Crippen LogP contribution in [0.3, 0.4) is 0 Å². The van der Waals surface area contributed by atoms with E-state index in [0.29, 0.717) is 5.56 Å². The fraction of sp³-hybridized carbons (Fsp3) is 0.200. The zero-order valence-electron chi connectivity index (χ0n) is 5.78. The predicted octanol–water partition coefficient (Wildman–Crippen LogP) is -1.28. The van der Waals surface area contributed by atoms with Gasteiger partial charge in [0.05, 0.1) is 12.2 Å². The molecule has 0 aliphatic rings. The van der Waals surface area contributed by atoms with E-state index >= 15 is 0 Å². The highest BCUT2D eigenvalue weighted by Crippen LogP contribution is 2.15. The van der Waals surface area contributed by atoms with Crippen molar-refractivity contribution in [1.29, 1.82) is 0 Å². The van der Waals surface area contributed by atoms with Crippen molar-refractivity contribution in [3.8, 4) is 0 Å². The highest BCUT2D eigenvalue weighted by atomic mass is 16.3. The van der Waals surface area contributed by atoms with E-state index in [1.807, 2.05) is 0 Å². The van der Waals surface area contributed by atoms with Crippen molar-refractivity contribution in [1.82, 2.24) is 9.97 Å². The Morgan fingerprint density at radius 3 is 1.91 bits per heavy atom. The van der Waals surface area contributed by atoms with Crippen LogP contribution in [0.25, 0.3) is 0 Å². The minimum atomic E-state index is -0.280. The molecule has 0 saturated heterocycles. The van der Waals surface area contributed by atoms with Gasteiger partial charge in [0.2, 0.25) is 5.95 Å². The zero-order valence-corrected chi connectivity index (χ0v) is 5.78. The van der Waals surface area contributed by atoms with Crippen molar-refractivity contribution < 1.29 is 5.11 Å². The SMILES string of the molecule is Nc1nc(N)c(CO)c(N)n1. The Morgan fingerprint density at radius 2 is 1.55 bits per heavy atom. The maximum absolute atomic E-state index is 8.71. The van der Waals surface area contributed by atoms with E-state index in [9.17, 15) is 0 Å². The quantitative estimate of drug-likeness (QED) is 0.400. The van der Waals surface area contributed by atoms with Gasteiger partial charge in [-0.1, -0.05) is 0 Å². The third-order valence-corrected chi connectivity index (χ3v) is 1.25. The normalized spacial score (nSPS) is 9.91. The minimum Gasteiger partial charge on any atom is -0.391 e. The molecular formula is C5H9N5O. The molecule has 1 heterocycles. The standard InChI is InChI=1S/C5H9N5O/c6-3-2(1-11)4(7)10-5(8)9-3/h11H,1H2,(H6,6,7,8,9,10). The third kappa shape index (κ3) is 1.30. The molecule has 6 nitrogen and oxygen atoms in total. The lowest BCUT2D eigenvalue weighted by molar-refractivity contribution is 0.282. The van der Waals surface area contributed by atoms with Gasteiger partial charge in [0.15, 0.2) is 0 Å². The summed E-state index contributed by atoms with van der Waals surface area (Å²) in [4.78, 5) is 7.22. The number of hydrogen-bond acceptors (Lipinski definition) is 6. The first-order chi connectivity index (χ1) is 5.15. The van der Waals surface area contributed by atoms with Gasteiger partial charge in [-0.05, 0) is 0 Å². The molecule has 7 N–H and O–H groups in total. The van der Waals surface area contributed by atoms with Crippen molar-refractivity contribution in [2.45, 2.75) is 6.61 Å². The Kier molecular flexibility index (Phi) is 1.77. The van der Waals surface area contributed by atoms with E-state index in [-0.39, 0.29) is 24.2 Å². The van der Waals surface area contributed by atoms with E-state index in [2.05, 4.69) is 9.97 Å². The summed E-state index contributed by atoms with van der Waals surface area (Å²) in [7, 11) is 0. The molecule has 0 bridgehead atoms. The van der Waals surface area contributed by atoms with E-state index in [1.54, 1.807) is 0 Å². The molecule has 0 aromatic carbocycles. The summed E-state index contributed by atoms with van der Waals surface area (Å²) in [6.45, 7) is -0.280. The van der Waals surface area contributed by atoms with Crippen molar-refractivity contribution in [2.75, 3.05) is 17.2 Å². The molecule has 0 unspecified atom stereocenters. The van der Waals surface area contributed by atoms with Crippen LogP contribution in [0.4, 0.5) is 17.6 Å². The molecule has 0 fully saturated rings. The number of aromatic nitrogens is 2. The molecule has 60 valence electrons. The van der Waals surface area contributed by atoms with Gasteiger partial charge < -0.3 is 22.3 Å². The van der Waals surface area contributed by atoms with Gasteiger partial charge in [-0.3, -0.25) is 0 Å². The maximum Gasteiger partial charge on any atom is 0.223 e. The molecule has 1 aromatic heterocycles. The third-order valence-electron chi connectivity index (χ3n) is 1.25. The first-order valence-corrected chi connectivity index (χ1v) is 2.93. The molecule has 0 spiro atoms. The fourth-order valence-electron chi connectivity index (χ4n) is 0.700. The summed E-state index contributed by atoms with van der Waals surface area (Å²) in [6, 6.07) is 0. The number of nitrogen functional groups attached to an aromatic ring is 3. The molecule has 1 aromatic rings. The second-order valence-electron chi connectivity index (χ2n) is 1.99. The molecule has 0 saturated carbocycles. The number of nitrogens with zero attached hydrogens (tertiary/aromatic N) is 2. The highest BCUT2D eigenvalue weighted by Gasteiger charge is 2.06. The van der Waals surface area contributed by atoms with Crippen molar-refractivity contribution >= 4 is 17.6 Å². The number of hydrogen-bond donors (Lipinski definition) is 4. The lowest BCUT2D eigenvalue weighted by Gasteiger charge is -2.04. The molecule has 0 aliphatic carbocycles. The molecular weight excluding hydrogens is 146 g/mol. The number of rotatable bonds is 1. The van der Waals surface area contributed by atoms with Gasteiger partial charge in [-0.2, -0.15) is 9.97 Å². The van der Waals surface area contributed by atoms with Crippen LogP contribution in [-0.2, 0) is 6.61 Å². The lowest BCUT2D eigenvalue weighted by atomic mass is 10.3. The zero-order chi connectivity index (χ0) is 8.43. The van der Waals surface area contributed by atoms with E-state index in [1.165, 1.54) is 0 Å². The summed E-state index contributed by atoms with van der Waals surface area (Å²) in [5, 5.41) is 8.71. The van der Waals surface area contributed by atoms with Crippen LogP contribution in [0, 0.1) is 0 Å². The fourth-order valence-corrected chi connectivity index (χ4v) is 0.700. The summed E-state index contributed by atoms with van der Waals surface area (Å²) >= 11 is 0. The number of aliphatic hydroxyl groups is 1. The summed E-state index contributed by atoms with van der Waals surface area (Å²) < 4.78 is 0. The average Bonchev–Trinajstić information content (AvgIpc) is 1.85. The number of anilines is 3. The Labute approximate surface area is 63.0 Å². The maximum atomic E-state index is 8.71. The summed E-state index contributed by atoms with van der Waals surface area (Å²) in [6.07, 6.45) is 0. The lowest BCUT2D eigenvalue weighted by Crippen LogP contribution is -2.08. The Bertz CT molecular complexity index is 251. The van der Waals surface area contributed by atoms with Gasteiger partial charge in [0.25, 0.3) is 0 Å². The van der Waals surface area contributed by atoms with Crippen LogP contribution in [0.15, 0.2) is 0 Å². The second-order valence-corrected chi connectivity index (χ2v) is 1.99. The van der Waals surface area contributed by atoms with E-state index in [4.69, 9.17) is 22.3 Å². The van der Waals surface area contributed by atoms with Gasteiger partial charge in [0, 0.05) is 0 Å². The van der Waals surface area contributed by atoms with Crippen LogP contribution in [0.2, 0.25) is 0 Å². The summed E-state index contributed by atoms with van der Waals surface area (Å²) in [5.41, 5.74) is 16.3. The summed E-state index contributed by atoms with van der Waals surface area (Å²) in [5.74, 6) is 0.257. The van der Waals surface area contributed by atoms with Crippen LogP contribution in [-0.4, -0.2) is 15.1 Å². The second kappa shape index (κ2) is 2.59. The van der Waals surface area contributed by atoms with E-state index < -0.39 is 0 Å². The molecule has 0 radical (unpaired) electrons. The Hall–Kier alpha value is -1.56. The van der Waals surface area contributed by atoms with Gasteiger partial charge in [0.1, 0.15) is 11.6 Å². The van der Waals surface area contributed by atoms with Crippen LogP contribution >= 0.6 is 0 Å². The molecule has 6 heteroatoms. The Morgan fingerprint density at radius 1 is 1.09 bits per heavy atom. The van der Waals surface area contributed by atoms with Crippen LogP contribution < -0.4 is 17.2 Å². The predicted molar refractivity (Wildman–Crippen MR) is 41.2 cm³/mol. The Balaban J connectivity index is 3.25. The van der Waals surface area contributed by atoms with Crippen molar-refractivity contribution in [3.63, 3.8) is 0 Å². The topological polar surface area (TPSA) is 124 Å². The minimum absolute atomic E-state index is 0.0113.